The van der Waals surface area contributed by atoms with Gasteiger partial charge in [-0.15, -0.1) is 0 Å². The molecular weight excluding hydrogens is 238 g/mol. The lowest BCUT2D eigenvalue weighted by atomic mass is 9.93. The summed E-state index contributed by atoms with van der Waals surface area (Å²) in [4.78, 5) is 0. The van der Waals surface area contributed by atoms with Gasteiger partial charge in [-0.25, -0.2) is 0 Å². The predicted molar refractivity (Wildman–Crippen MR) is 70.4 cm³/mol. The third-order valence-electron chi connectivity index (χ3n) is 3.38. The van der Waals surface area contributed by atoms with Crippen molar-refractivity contribution in [2.45, 2.75) is 38.8 Å². The molecule has 1 aromatic rings. The Labute approximate surface area is 107 Å². The third kappa shape index (κ3) is 3.35. The smallest absolute Gasteiger partial charge is 0.138 e. The number of para-hydroxylation sites is 1. The fourth-order valence-corrected chi connectivity index (χ4v) is 1.96. The lowest BCUT2D eigenvalue weighted by Crippen LogP contribution is -2.47. The first kappa shape index (κ1) is 14.3. The molecule has 0 aromatic heterocycles. The topological polar surface area (TPSA) is 52.5 Å². The highest BCUT2D eigenvalue weighted by Crippen LogP contribution is 2.27. The normalized spacial score (nSPS) is 11.8. The van der Waals surface area contributed by atoms with Crippen molar-refractivity contribution in [1.29, 1.82) is 0 Å². The lowest BCUT2D eigenvalue weighted by molar-refractivity contribution is 0.149. The molecule has 0 amide bonds. The molecule has 0 atom stereocenters. The summed E-state index contributed by atoms with van der Waals surface area (Å²) in [5.74, 6) is 0.112. The van der Waals surface area contributed by atoms with E-state index in [0.717, 1.165) is 18.4 Å². The van der Waals surface area contributed by atoms with Crippen molar-refractivity contribution < 1.29 is 10.2 Å². The maximum atomic E-state index is 9.78. The van der Waals surface area contributed by atoms with Gasteiger partial charge in [0.05, 0.1) is 11.6 Å². The number of halogens is 1. The van der Waals surface area contributed by atoms with Crippen molar-refractivity contribution in [2.24, 2.45) is 0 Å². The Bertz CT molecular complexity index is 356. The van der Waals surface area contributed by atoms with Crippen LogP contribution in [-0.4, -0.2) is 22.4 Å². The molecule has 0 saturated carbocycles. The Balaban J connectivity index is 2.75. The van der Waals surface area contributed by atoms with E-state index in [1.807, 2.05) is 19.9 Å². The van der Waals surface area contributed by atoms with E-state index in [0.29, 0.717) is 11.6 Å². The zero-order valence-corrected chi connectivity index (χ0v) is 11.1. The molecule has 0 unspecified atom stereocenters. The van der Waals surface area contributed by atoms with Crippen LogP contribution in [0.2, 0.25) is 5.02 Å². The van der Waals surface area contributed by atoms with E-state index in [1.165, 1.54) is 0 Å². The number of hydrogen-bond acceptors (Lipinski definition) is 3. The van der Waals surface area contributed by atoms with Crippen LogP contribution in [0.5, 0.6) is 5.75 Å². The van der Waals surface area contributed by atoms with Crippen molar-refractivity contribution in [3.63, 3.8) is 0 Å². The van der Waals surface area contributed by atoms with Crippen LogP contribution < -0.4 is 5.32 Å². The van der Waals surface area contributed by atoms with Crippen LogP contribution in [0, 0.1) is 0 Å². The molecular formula is C13H20ClNO2. The largest absolute Gasteiger partial charge is 0.506 e. The number of aliphatic hydroxyl groups is 1. The summed E-state index contributed by atoms with van der Waals surface area (Å²) in [5, 5.41) is 22.9. The first-order valence-corrected chi connectivity index (χ1v) is 6.28. The van der Waals surface area contributed by atoms with Gasteiger partial charge in [0.1, 0.15) is 5.75 Å². The molecule has 1 rings (SSSR count). The Morgan fingerprint density at radius 1 is 1.29 bits per heavy atom. The van der Waals surface area contributed by atoms with Gasteiger partial charge in [-0.1, -0.05) is 37.6 Å². The summed E-state index contributed by atoms with van der Waals surface area (Å²) in [7, 11) is 0. The van der Waals surface area contributed by atoms with Crippen LogP contribution >= 0.6 is 11.6 Å². The van der Waals surface area contributed by atoms with Crippen LogP contribution in [0.3, 0.4) is 0 Å². The Morgan fingerprint density at radius 3 is 2.47 bits per heavy atom. The van der Waals surface area contributed by atoms with Crippen molar-refractivity contribution in [3.05, 3.63) is 28.8 Å². The molecule has 0 bridgehead atoms. The second-order valence-electron chi connectivity index (χ2n) is 4.25. The number of phenols is 1. The van der Waals surface area contributed by atoms with Gasteiger partial charge in [0, 0.05) is 17.6 Å². The molecule has 0 heterocycles. The second-order valence-corrected chi connectivity index (χ2v) is 4.65. The van der Waals surface area contributed by atoms with Crippen LogP contribution in [0.1, 0.15) is 32.3 Å². The van der Waals surface area contributed by atoms with Gasteiger partial charge in [0.25, 0.3) is 0 Å². The van der Waals surface area contributed by atoms with Gasteiger partial charge in [-0.3, -0.25) is 0 Å². The van der Waals surface area contributed by atoms with E-state index in [1.54, 1.807) is 12.1 Å². The molecule has 96 valence electrons. The van der Waals surface area contributed by atoms with E-state index >= 15 is 0 Å². The Kier molecular flexibility index (Phi) is 5.25. The highest BCUT2D eigenvalue weighted by molar-refractivity contribution is 6.32. The highest BCUT2D eigenvalue weighted by atomic mass is 35.5. The fraction of sp³-hybridized carbons (Fsp3) is 0.538. The van der Waals surface area contributed by atoms with Crippen LogP contribution in [0.25, 0.3) is 0 Å². The van der Waals surface area contributed by atoms with Gasteiger partial charge in [0.15, 0.2) is 0 Å². The Hall–Kier alpha value is -0.770. The molecule has 1 aromatic carbocycles. The minimum absolute atomic E-state index is 0.0847. The summed E-state index contributed by atoms with van der Waals surface area (Å²) in [6.45, 7) is 4.64. The monoisotopic (exact) mass is 257 g/mol. The molecule has 3 nitrogen and oxygen atoms in total. The molecule has 0 spiro atoms. The molecule has 0 fully saturated rings. The predicted octanol–water partition coefficient (Wildman–Crippen LogP) is 2.69. The van der Waals surface area contributed by atoms with Gasteiger partial charge >= 0.3 is 0 Å². The average molecular weight is 258 g/mol. The minimum Gasteiger partial charge on any atom is -0.506 e. The van der Waals surface area contributed by atoms with Crippen LogP contribution in [0.4, 0.5) is 0 Å². The average Bonchev–Trinajstić information content (AvgIpc) is 2.36. The van der Waals surface area contributed by atoms with Gasteiger partial charge in [-0.2, -0.15) is 0 Å². The van der Waals surface area contributed by atoms with Gasteiger partial charge in [0.2, 0.25) is 0 Å². The first-order valence-electron chi connectivity index (χ1n) is 5.90. The van der Waals surface area contributed by atoms with Gasteiger partial charge < -0.3 is 15.5 Å². The van der Waals surface area contributed by atoms with E-state index in [-0.39, 0.29) is 17.9 Å². The number of aliphatic hydroxyl groups excluding tert-OH is 1. The third-order valence-corrected chi connectivity index (χ3v) is 3.69. The minimum atomic E-state index is -0.283. The number of aromatic hydroxyl groups is 1. The van der Waals surface area contributed by atoms with Crippen molar-refractivity contribution >= 4 is 11.6 Å². The zero-order chi connectivity index (χ0) is 12.9. The Morgan fingerprint density at radius 2 is 1.94 bits per heavy atom. The number of hydrogen-bond donors (Lipinski definition) is 3. The van der Waals surface area contributed by atoms with Crippen molar-refractivity contribution in [2.75, 3.05) is 6.61 Å². The molecule has 3 N–H and O–H groups in total. The molecule has 0 aliphatic carbocycles. The molecule has 0 radical (unpaired) electrons. The summed E-state index contributed by atoms with van der Waals surface area (Å²) in [6, 6.07) is 5.28. The number of rotatable bonds is 6. The van der Waals surface area contributed by atoms with E-state index in [9.17, 15) is 10.2 Å². The maximum Gasteiger partial charge on any atom is 0.138 e. The summed E-state index contributed by atoms with van der Waals surface area (Å²) in [6.07, 6.45) is 1.67. The molecule has 17 heavy (non-hydrogen) atoms. The fourth-order valence-electron chi connectivity index (χ4n) is 1.76. The quantitative estimate of drug-likeness (QED) is 0.735. The van der Waals surface area contributed by atoms with Crippen molar-refractivity contribution in [3.8, 4) is 5.75 Å². The highest BCUT2D eigenvalue weighted by Gasteiger charge is 2.24. The molecule has 0 aliphatic rings. The standard InChI is InChI=1S/C13H20ClNO2/c1-3-13(4-2,9-16)15-8-10-6-5-7-11(14)12(10)17/h5-7,15-17H,3-4,8-9H2,1-2H3. The maximum absolute atomic E-state index is 9.78. The summed E-state index contributed by atoms with van der Waals surface area (Å²) < 4.78 is 0. The van der Waals surface area contributed by atoms with Crippen LogP contribution in [0.15, 0.2) is 18.2 Å². The van der Waals surface area contributed by atoms with E-state index in [4.69, 9.17) is 11.6 Å². The van der Waals surface area contributed by atoms with E-state index in [2.05, 4.69) is 5.32 Å². The molecule has 0 saturated heterocycles. The molecule has 4 heteroatoms. The lowest BCUT2D eigenvalue weighted by Gasteiger charge is -2.31. The zero-order valence-electron chi connectivity index (χ0n) is 10.3. The first-order chi connectivity index (χ1) is 8.08. The van der Waals surface area contributed by atoms with Crippen molar-refractivity contribution in [1.82, 2.24) is 5.32 Å². The second kappa shape index (κ2) is 6.24. The van der Waals surface area contributed by atoms with Crippen LogP contribution in [-0.2, 0) is 6.54 Å². The summed E-state index contributed by atoms with van der Waals surface area (Å²) >= 11 is 5.84. The number of phenolic OH excluding ortho intramolecular Hbond substituents is 1. The number of benzene rings is 1. The molecule has 0 aliphatic heterocycles. The van der Waals surface area contributed by atoms with E-state index < -0.39 is 0 Å². The SMILES string of the molecule is CCC(CC)(CO)NCc1cccc(Cl)c1O. The number of nitrogens with one attached hydrogen (secondary N) is 1. The summed E-state index contributed by atoms with van der Waals surface area (Å²) in [5.41, 5.74) is 0.464. The van der Waals surface area contributed by atoms with Gasteiger partial charge in [-0.05, 0) is 18.9 Å².